The average Bonchev–Trinajstić information content (AvgIpc) is 2.84. The molecular weight excluding hydrogens is 240 g/mol. The molecular formula is C14H24N4O. The molecule has 2 rings (SSSR count). The normalized spacial score (nSPS) is 19.1. The van der Waals surface area contributed by atoms with Crippen LogP contribution in [0.25, 0.3) is 0 Å². The fraction of sp³-hybridized carbons (Fsp3) is 0.714. The molecule has 0 bridgehead atoms. The number of anilines is 2. The van der Waals surface area contributed by atoms with Crippen LogP contribution < -0.4 is 10.6 Å². The number of hydrogen-bond acceptors (Lipinski definition) is 5. The number of hydrogen-bond donors (Lipinski definition) is 1. The number of likely N-dealkylation sites (N-methyl/N-ethyl adjacent to an activating group) is 1. The fourth-order valence-corrected chi connectivity index (χ4v) is 2.35. The summed E-state index contributed by atoms with van der Waals surface area (Å²) in [6.07, 6.45) is 2.59. The van der Waals surface area contributed by atoms with E-state index in [1.165, 1.54) is 0 Å². The fourth-order valence-electron chi connectivity index (χ4n) is 2.35. The van der Waals surface area contributed by atoms with Crippen molar-refractivity contribution in [1.82, 2.24) is 9.97 Å². The van der Waals surface area contributed by atoms with Crippen LogP contribution in [0.15, 0.2) is 0 Å². The molecule has 1 aromatic rings. The lowest BCUT2D eigenvalue weighted by Gasteiger charge is -2.24. The Hall–Kier alpha value is -1.36. The molecule has 1 atom stereocenters. The highest BCUT2D eigenvalue weighted by Crippen LogP contribution is 2.24. The van der Waals surface area contributed by atoms with Gasteiger partial charge in [0.2, 0.25) is 0 Å². The third-order valence-corrected chi connectivity index (χ3v) is 3.55. The van der Waals surface area contributed by atoms with Gasteiger partial charge < -0.3 is 15.4 Å². The van der Waals surface area contributed by atoms with Gasteiger partial charge in [-0.1, -0.05) is 13.8 Å². The van der Waals surface area contributed by atoms with E-state index < -0.39 is 0 Å². The monoisotopic (exact) mass is 264 g/mol. The first kappa shape index (κ1) is 14.1. The summed E-state index contributed by atoms with van der Waals surface area (Å²) >= 11 is 0. The third-order valence-electron chi connectivity index (χ3n) is 3.55. The summed E-state index contributed by atoms with van der Waals surface area (Å²) in [6, 6.07) is 0. The molecule has 0 saturated carbocycles. The second-order valence-corrected chi connectivity index (χ2v) is 5.59. The smallest absolute Gasteiger partial charge is 0.137 e. The maximum atomic E-state index is 6.00. The zero-order valence-corrected chi connectivity index (χ0v) is 12.3. The number of nitrogens with two attached hydrogens (primary N) is 1. The van der Waals surface area contributed by atoms with E-state index in [1.807, 2.05) is 14.0 Å². The summed E-state index contributed by atoms with van der Waals surface area (Å²) in [5.74, 6) is 2.58. The summed E-state index contributed by atoms with van der Waals surface area (Å²) in [4.78, 5) is 11.1. The number of aromatic nitrogens is 2. The highest BCUT2D eigenvalue weighted by molar-refractivity contribution is 5.56. The molecule has 1 aliphatic heterocycles. The van der Waals surface area contributed by atoms with Gasteiger partial charge in [-0.05, 0) is 19.8 Å². The van der Waals surface area contributed by atoms with Crippen molar-refractivity contribution < 1.29 is 4.74 Å². The molecule has 2 N–H and O–H groups in total. The molecule has 1 saturated heterocycles. The van der Waals surface area contributed by atoms with Crippen molar-refractivity contribution in [3.05, 3.63) is 11.4 Å². The summed E-state index contributed by atoms with van der Waals surface area (Å²) in [6.45, 7) is 7.86. The van der Waals surface area contributed by atoms with Crippen molar-refractivity contribution in [2.24, 2.45) is 0 Å². The van der Waals surface area contributed by atoms with Crippen LogP contribution >= 0.6 is 0 Å². The molecule has 1 fully saturated rings. The lowest BCUT2D eigenvalue weighted by atomic mass is 10.2. The van der Waals surface area contributed by atoms with Crippen LogP contribution in [0.4, 0.5) is 11.6 Å². The van der Waals surface area contributed by atoms with Crippen molar-refractivity contribution in [2.45, 2.75) is 45.6 Å². The molecule has 1 aromatic heterocycles. The predicted octanol–water partition coefficient (Wildman–Crippen LogP) is 2.11. The van der Waals surface area contributed by atoms with Gasteiger partial charge in [0.05, 0.1) is 6.10 Å². The SMILES string of the molecule is Cc1c(N)nc(C(C)C)nc1N(C)CC1CCCO1. The third kappa shape index (κ3) is 3.15. The number of nitrogens with zero attached hydrogens (tertiary/aromatic N) is 3. The second-order valence-electron chi connectivity index (χ2n) is 5.59. The first-order valence-electron chi connectivity index (χ1n) is 6.95. The number of rotatable bonds is 4. The minimum absolute atomic E-state index is 0.276. The van der Waals surface area contributed by atoms with Crippen molar-refractivity contribution in [3.8, 4) is 0 Å². The van der Waals surface area contributed by atoms with Crippen LogP contribution in [0.3, 0.4) is 0 Å². The Morgan fingerprint density at radius 1 is 1.42 bits per heavy atom. The van der Waals surface area contributed by atoms with Crippen molar-refractivity contribution in [1.29, 1.82) is 0 Å². The summed E-state index contributed by atoms with van der Waals surface area (Å²) < 4.78 is 5.68. The summed E-state index contributed by atoms with van der Waals surface area (Å²) in [5.41, 5.74) is 6.95. The van der Waals surface area contributed by atoms with E-state index in [1.54, 1.807) is 0 Å². The Morgan fingerprint density at radius 2 is 2.16 bits per heavy atom. The largest absolute Gasteiger partial charge is 0.383 e. The number of nitrogen functional groups attached to an aromatic ring is 1. The zero-order valence-electron chi connectivity index (χ0n) is 12.3. The molecule has 1 aliphatic rings. The van der Waals surface area contributed by atoms with E-state index >= 15 is 0 Å². The van der Waals surface area contributed by atoms with E-state index in [-0.39, 0.29) is 5.92 Å². The minimum atomic E-state index is 0.276. The molecule has 0 spiro atoms. The molecule has 1 unspecified atom stereocenters. The predicted molar refractivity (Wildman–Crippen MR) is 77.5 cm³/mol. The molecule has 0 aromatic carbocycles. The second kappa shape index (κ2) is 5.74. The van der Waals surface area contributed by atoms with Crippen LogP contribution in [0.1, 0.15) is 44.0 Å². The Labute approximate surface area is 115 Å². The summed E-state index contributed by atoms with van der Waals surface area (Å²) in [5, 5.41) is 0. The maximum Gasteiger partial charge on any atom is 0.137 e. The van der Waals surface area contributed by atoms with E-state index in [4.69, 9.17) is 10.5 Å². The molecule has 19 heavy (non-hydrogen) atoms. The van der Waals surface area contributed by atoms with Crippen LogP contribution in [0, 0.1) is 6.92 Å². The van der Waals surface area contributed by atoms with Gasteiger partial charge in [-0.2, -0.15) is 0 Å². The highest BCUT2D eigenvalue weighted by atomic mass is 16.5. The van der Waals surface area contributed by atoms with Gasteiger partial charge in [-0.3, -0.25) is 0 Å². The van der Waals surface area contributed by atoms with Crippen LogP contribution in [-0.4, -0.2) is 36.3 Å². The van der Waals surface area contributed by atoms with Gasteiger partial charge >= 0.3 is 0 Å². The van der Waals surface area contributed by atoms with E-state index in [0.29, 0.717) is 11.9 Å². The van der Waals surface area contributed by atoms with E-state index in [0.717, 1.165) is 43.2 Å². The van der Waals surface area contributed by atoms with Gasteiger partial charge in [0.1, 0.15) is 17.5 Å². The first-order valence-corrected chi connectivity index (χ1v) is 6.95. The average molecular weight is 264 g/mol. The van der Waals surface area contributed by atoms with Crippen LogP contribution in [-0.2, 0) is 4.74 Å². The summed E-state index contributed by atoms with van der Waals surface area (Å²) in [7, 11) is 2.04. The Kier molecular flexibility index (Phi) is 4.24. The van der Waals surface area contributed by atoms with Gasteiger partial charge in [-0.15, -0.1) is 0 Å². The molecule has 0 amide bonds. The Morgan fingerprint density at radius 3 is 2.74 bits per heavy atom. The van der Waals surface area contributed by atoms with Gasteiger partial charge in [0, 0.05) is 31.7 Å². The van der Waals surface area contributed by atoms with Gasteiger partial charge in [0.15, 0.2) is 0 Å². The first-order chi connectivity index (χ1) is 8.99. The van der Waals surface area contributed by atoms with Crippen LogP contribution in [0.5, 0.6) is 0 Å². The lowest BCUT2D eigenvalue weighted by Crippen LogP contribution is -2.30. The van der Waals surface area contributed by atoms with Gasteiger partial charge in [0.25, 0.3) is 0 Å². The van der Waals surface area contributed by atoms with E-state index in [9.17, 15) is 0 Å². The molecule has 0 radical (unpaired) electrons. The van der Waals surface area contributed by atoms with Gasteiger partial charge in [-0.25, -0.2) is 9.97 Å². The minimum Gasteiger partial charge on any atom is -0.383 e. The van der Waals surface area contributed by atoms with E-state index in [2.05, 4.69) is 28.7 Å². The number of ether oxygens (including phenoxy) is 1. The zero-order chi connectivity index (χ0) is 14.0. The lowest BCUT2D eigenvalue weighted by molar-refractivity contribution is 0.116. The molecule has 0 aliphatic carbocycles. The van der Waals surface area contributed by atoms with Crippen LogP contribution in [0.2, 0.25) is 0 Å². The topological polar surface area (TPSA) is 64.3 Å². The quantitative estimate of drug-likeness (QED) is 0.902. The molecule has 2 heterocycles. The van der Waals surface area contributed by atoms with Crippen molar-refractivity contribution in [3.63, 3.8) is 0 Å². The highest BCUT2D eigenvalue weighted by Gasteiger charge is 2.20. The standard InChI is InChI=1S/C14H24N4O/c1-9(2)13-16-12(15)10(3)14(17-13)18(4)8-11-6-5-7-19-11/h9,11H,5-8H2,1-4H3,(H2,15,16,17). The maximum absolute atomic E-state index is 6.00. The van der Waals surface area contributed by atoms with Crippen molar-refractivity contribution in [2.75, 3.05) is 30.8 Å². The molecule has 106 valence electrons. The Bertz CT molecular complexity index is 441. The molecule has 5 nitrogen and oxygen atoms in total. The Balaban J connectivity index is 2.21. The van der Waals surface area contributed by atoms with Crippen molar-refractivity contribution >= 4 is 11.6 Å². The molecule has 5 heteroatoms.